The van der Waals surface area contributed by atoms with Crippen molar-refractivity contribution in [2.24, 2.45) is 5.73 Å². The normalized spacial score (nSPS) is 10.5. The summed E-state index contributed by atoms with van der Waals surface area (Å²) in [5.41, 5.74) is 9.90. The van der Waals surface area contributed by atoms with Crippen molar-refractivity contribution in [1.82, 2.24) is 10.9 Å². The van der Waals surface area contributed by atoms with Crippen molar-refractivity contribution in [2.75, 3.05) is 7.11 Å². The number of methoxy groups -OCH3 is 1. The SMILES string of the molecule is CCC(=O)NN/C(N)=C\C(=O)OC. The predicted octanol–water partition coefficient (Wildman–Crippen LogP) is -1.01. The van der Waals surface area contributed by atoms with Crippen molar-refractivity contribution in [3.05, 3.63) is 11.9 Å². The topological polar surface area (TPSA) is 93.5 Å². The van der Waals surface area contributed by atoms with E-state index in [-0.39, 0.29) is 11.7 Å². The smallest absolute Gasteiger partial charge is 0.334 e. The quantitative estimate of drug-likeness (QED) is 0.298. The zero-order valence-electron chi connectivity index (χ0n) is 7.59. The highest BCUT2D eigenvalue weighted by atomic mass is 16.5. The second-order valence-electron chi connectivity index (χ2n) is 2.15. The third-order valence-electron chi connectivity index (χ3n) is 1.14. The van der Waals surface area contributed by atoms with Crippen LogP contribution in [0.25, 0.3) is 0 Å². The van der Waals surface area contributed by atoms with Crippen molar-refractivity contribution >= 4 is 11.9 Å². The molecule has 0 fully saturated rings. The van der Waals surface area contributed by atoms with E-state index in [0.29, 0.717) is 6.42 Å². The predicted molar refractivity (Wildman–Crippen MR) is 45.9 cm³/mol. The fraction of sp³-hybridized carbons (Fsp3) is 0.429. The number of hydrogen-bond donors (Lipinski definition) is 3. The molecule has 0 rings (SSSR count). The van der Waals surface area contributed by atoms with Crippen LogP contribution < -0.4 is 16.6 Å². The standard InChI is InChI=1S/C7H13N3O3/c1-3-6(11)10-9-5(8)4-7(12)13-2/h4,9H,3,8H2,1-2H3,(H,10,11)/b5-4-. The third-order valence-corrected chi connectivity index (χ3v) is 1.14. The molecule has 13 heavy (non-hydrogen) atoms. The number of carbonyl (C=O) groups is 2. The van der Waals surface area contributed by atoms with Crippen LogP contribution in [0.1, 0.15) is 13.3 Å². The maximum Gasteiger partial charge on any atom is 0.334 e. The molecule has 6 heteroatoms. The highest BCUT2D eigenvalue weighted by Crippen LogP contribution is 1.80. The lowest BCUT2D eigenvalue weighted by atomic mass is 10.5. The first kappa shape index (κ1) is 11.3. The Bertz CT molecular complexity index is 225. The van der Waals surface area contributed by atoms with Crippen molar-refractivity contribution in [3.8, 4) is 0 Å². The first-order valence-corrected chi connectivity index (χ1v) is 3.70. The summed E-state index contributed by atoms with van der Waals surface area (Å²) in [6.45, 7) is 1.69. The summed E-state index contributed by atoms with van der Waals surface area (Å²) < 4.78 is 4.31. The van der Waals surface area contributed by atoms with Crippen molar-refractivity contribution in [1.29, 1.82) is 0 Å². The fourth-order valence-corrected chi connectivity index (χ4v) is 0.452. The average Bonchev–Trinajstić information content (AvgIpc) is 2.13. The Kier molecular flexibility index (Phi) is 5.09. The van der Waals surface area contributed by atoms with Crippen LogP contribution in [0, 0.1) is 0 Å². The molecule has 4 N–H and O–H groups in total. The van der Waals surface area contributed by atoms with E-state index in [4.69, 9.17) is 5.73 Å². The molecule has 0 saturated heterocycles. The number of esters is 1. The zero-order chi connectivity index (χ0) is 10.3. The van der Waals surface area contributed by atoms with Gasteiger partial charge in [0.2, 0.25) is 5.91 Å². The molecule has 0 aliphatic carbocycles. The van der Waals surface area contributed by atoms with Crippen LogP contribution in [0.15, 0.2) is 11.9 Å². The van der Waals surface area contributed by atoms with Crippen LogP contribution in [-0.2, 0) is 14.3 Å². The van der Waals surface area contributed by atoms with Crippen molar-refractivity contribution < 1.29 is 14.3 Å². The maximum absolute atomic E-state index is 10.7. The van der Waals surface area contributed by atoms with Gasteiger partial charge in [0.1, 0.15) is 5.82 Å². The van der Waals surface area contributed by atoms with E-state index >= 15 is 0 Å². The minimum Gasteiger partial charge on any atom is -0.466 e. The molecular formula is C7H13N3O3. The molecular weight excluding hydrogens is 174 g/mol. The van der Waals surface area contributed by atoms with Gasteiger partial charge in [-0.25, -0.2) is 4.79 Å². The number of hydrogen-bond acceptors (Lipinski definition) is 5. The van der Waals surface area contributed by atoms with Crippen LogP contribution in [0.4, 0.5) is 0 Å². The molecule has 0 atom stereocenters. The summed E-state index contributed by atoms with van der Waals surface area (Å²) in [5.74, 6) is -0.786. The number of rotatable bonds is 4. The van der Waals surface area contributed by atoms with Gasteiger partial charge in [0.25, 0.3) is 0 Å². The van der Waals surface area contributed by atoms with Gasteiger partial charge in [-0.2, -0.15) is 0 Å². The Morgan fingerprint density at radius 1 is 1.46 bits per heavy atom. The lowest BCUT2D eigenvalue weighted by Crippen LogP contribution is -2.39. The fourth-order valence-electron chi connectivity index (χ4n) is 0.452. The lowest BCUT2D eigenvalue weighted by Gasteiger charge is -2.06. The van der Waals surface area contributed by atoms with Gasteiger partial charge >= 0.3 is 5.97 Å². The van der Waals surface area contributed by atoms with E-state index in [0.717, 1.165) is 6.08 Å². The molecule has 0 bridgehead atoms. The molecule has 0 aromatic rings. The van der Waals surface area contributed by atoms with E-state index in [2.05, 4.69) is 15.6 Å². The highest BCUT2D eigenvalue weighted by Gasteiger charge is 1.98. The molecule has 0 aliphatic rings. The highest BCUT2D eigenvalue weighted by molar-refractivity contribution is 5.82. The first-order chi connectivity index (χ1) is 6.10. The van der Waals surface area contributed by atoms with Gasteiger partial charge in [0.05, 0.1) is 13.2 Å². The minimum absolute atomic E-state index is 0.0219. The molecule has 74 valence electrons. The van der Waals surface area contributed by atoms with E-state index in [1.807, 2.05) is 0 Å². The minimum atomic E-state index is -0.587. The molecule has 0 unspecified atom stereocenters. The Labute approximate surface area is 76.1 Å². The van der Waals surface area contributed by atoms with Gasteiger partial charge in [0, 0.05) is 6.42 Å². The molecule has 0 aromatic carbocycles. The van der Waals surface area contributed by atoms with Gasteiger partial charge in [-0.05, 0) is 0 Å². The maximum atomic E-state index is 10.7. The Morgan fingerprint density at radius 3 is 2.54 bits per heavy atom. The first-order valence-electron chi connectivity index (χ1n) is 3.70. The van der Waals surface area contributed by atoms with Crippen LogP contribution in [0.5, 0.6) is 0 Å². The average molecular weight is 187 g/mol. The lowest BCUT2D eigenvalue weighted by molar-refractivity contribution is -0.135. The summed E-state index contributed by atoms with van der Waals surface area (Å²) in [5, 5.41) is 0. The van der Waals surface area contributed by atoms with Gasteiger partial charge in [0.15, 0.2) is 0 Å². The number of nitrogens with two attached hydrogens (primary N) is 1. The summed E-state index contributed by atoms with van der Waals surface area (Å²) in [6.07, 6.45) is 1.36. The Balaban J connectivity index is 3.86. The van der Waals surface area contributed by atoms with Crippen LogP contribution in [0.2, 0.25) is 0 Å². The Hall–Kier alpha value is -1.72. The molecule has 0 spiro atoms. The monoisotopic (exact) mass is 187 g/mol. The summed E-state index contributed by atoms with van der Waals surface area (Å²) in [6, 6.07) is 0. The summed E-state index contributed by atoms with van der Waals surface area (Å²) in [4.78, 5) is 21.3. The largest absolute Gasteiger partial charge is 0.466 e. The second kappa shape index (κ2) is 5.87. The van der Waals surface area contributed by atoms with Gasteiger partial charge in [-0.1, -0.05) is 6.92 Å². The van der Waals surface area contributed by atoms with Crippen LogP contribution in [0.3, 0.4) is 0 Å². The van der Waals surface area contributed by atoms with E-state index in [9.17, 15) is 9.59 Å². The van der Waals surface area contributed by atoms with Crippen LogP contribution in [-0.4, -0.2) is 19.0 Å². The van der Waals surface area contributed by atoms with Crippen molar-refractivity contribution in [2.45, 2.75) is 13.3 Å². The molecule has 6 nitrogen and oxygen atoms in total. The van der Waals surface area contributed by atoms with Crippen LogP contribution >= 0.6 is 0 Å². The van der Waals surface area contributed by atoms with E-state index in [1.54, 1.807) is 6.92 Å². The van der Waals surface area contributed by atoms with Gasteiger partial charge < -0.3 is 10.5 Å². The van der Waals surface area contributed by atoms with Crippen molar-refractivity contribution in [3.63, 3.8) is 0 Å². The second-order valence-corrected chi connectivity index (χ2v) is 2.15. The molecule has 0 saturated carbocycles. The zero-order valence-corrected chi connectivity index (χ0v) is 7.59. The van der Waals surface area contributed by atoms with E-state index in [1.165, 1.54) is 7.11 Å². The van der Waals surface area contributed by atoms with Gasteiger partial charge in [-0.15, -0.1) is 0 Å². The number of hydrazine groups is 1. The molecule has 1 amide bonds. The number of amides is 1. The third kappa shape index (κ3) is 5.54. The van der Waals surface area contributed by atoms with Gasteiger partial charge in [-0.3, -0.25) is 15.6 Å². The number of nitrogens with one attached hydrogen (secondary N) is 2. The Morgan fingerprint density at radius 2 is 2.08 bits per heavy atom. The summed E-state index contributed by atoms with van der Waals surface area (Å²) in [7, 11) is 1.23. The molecule has 0 aliphatic heterocycles. The summed E-state index contributed by atoms with van der Waals surface area (Å²) >= 11 is 0. The molecule has 0 aromatic heterocycles. The molecule has 0 radical (unpaired) electrons. The number of ether oxygens (including phenoxy) is 1. The number of carbonyl (C=O) groups excluding carboxylic acids is 2. The van der Waals surface area contributed by atoms with E-state index < -0.39 is 5.97 Å². The molecule has 0 heterocycles.